The van der Waals surface area contributed by atoms with Crippen molar-refractivity contribution in [3.63, 3.8) is 0 Å². The van der Waals surface area contributed by atoms with Crippen LogP contribution in [-0.4, -0.2) is 66.3 Å². The molecule has 0 bridgehead atoms. The third-order valence-corrected chi connectivity index (χ3v) is 3.67. The maximum atomic E-state index is 11.7. The molecule has 0 aromatic heterocycles. The summed E-state index contributed by atoms with van der Waals surface area (Å²) >= 11 is 0. The highest BCUT2D eigenvalue weighted by Gasteiger charge is 2.28. The van der Waals surface area contributed by atoms with Gasteiger partial charge >= 0.3 is 6.03 Å². The van der Waals surface area contributed by atoms with Gasteiger partial charge in [-0.2, -0.15) is 0 Å². The van der Waals surface area contributed by atoms with Crippen molar-refractivity contribution in [1.29, 1.82) is 0 Å². The monoisotopic (exact) mass is 257 g/mol. The van der Waals surface area contributed by atoms with Crippen LogP contribution in [0.2, 0.25) is 0 Å². The molecule has 0 aliphatic carbocycles. The quantitative estimate of drug-likeness (QED) is 0.769. The normalized spacial score (nSPS) is 17.6. The van der Waals surface area contributed by atoms with Crippen molar-refractivity contribution in [2.24, 2.45) is 0 Å². The highest BCUT2D eigenvalue weighted by atomic mass is 16.3. The smallest absolute Gasteiger partial charge is 0.317 e. The fourth-order valence-corrected chi connectivity index (χ4v) is 2.29. The summed E-state index contributed by atoms with van der Waals surface area (Å²) in [5.74, 6) is 0. The lowest BCUT2D eigenvalue weighted by Gasteiger charge is -2.41. The average molecular weight is 257 g/mol. The molecule has 1 rings (SSSR count). The van der Waals surface area contributed by atoms with E-state index >= 15 is 0 Å². The van der Waals surface area contributed by atoms with E-state index in [0.29, 0.717) is 13.1 Å². The van der Waals surface area contributed by atoms with Crippen LogP contribution in [0, 0.1) is 0 Å². The summed E-state index contributed by atoms with van der Waals surface area (Å²) in [5, 5.41) is 11.7. The maximum absolute atomic E-state index is 11.7. The van der Waals surface area contributed by atoms with Crippen molar-refractivity contribution >= 4 is 6.03 Å². The molecule has 18 heavy (non-hydrogen) atoms. The Morgan fingerprint density at radius 3 is 2.50 bits per heavy atom. The topological polar surface area (TPSA) is 55.8 Å². The Morgan fingerprint density at radius 2 is 1.94 bits per heavy atom. The molecule has 0 spiro atoms. The van der Waals surface area contributed by atoms with E-state index in [0.717, 1.165) is 13.1 Å². The number of carbonyl (C=O) groups excluding carboxylic acids is 1. The molecule has 1 fully saturated rings. The van der Waals surface area contributed by atoms with Gasteiger partial charge in [-0.25, -0.2) is 4.79 Å². The summed E-state index contributed by atoms with van der Waals surface area (Å²) in [6, 6.07) is -0.117. The van der Waals surface area contributed by atoms with E-state index in [9.17, 15) is 4.79 Å². The molecular formula is C13H27N3O2. The number of aliphatic hydroxyl groups excluding tert-OH is 1. The zero-order valence-electron chi connectivity index (χ0n) is 11.9. The lowest BCUT2D eigenvalue weighted by molar-refractivity contribution is 0.0940. The molecule has 2 N–H and O–H groups in total. The Balaban J connectivity index is 2.38. The van der Waals surface area contributed by atoms with Gasteiger partial charge in [0.25, 0.3) is 0 Å². The number of rotatable bonds is 5. The minimum absolute atomic E-state index is 0.000558. The number of nitrogens with one attached hydrogen (secondary N) is 1. The van der Waals surface area contributed by atoms with Crippen LogP contribution in [0.15, 0.2) is 0 Å². The van der Waals surface area contributed by atoms with E-state index in [2.05, 4.69) is 24.1 Å². The molecule has 2 amide bonds. The van der Waals surface area contributed by atoms with Crippen molar-refractivity contribution in [2.45, 2.75) is 38.6 Å². The van der Waals surface area contributed by atoms with Crippen molar-refractivity contribution in [3.05, 3.63) is 0 Å². The first-order valence-electron chi connectivity index (χ1n) is 6.82. The molecular weight excluding hydrogens is 230 g/mol. The molecule has 5 nitrogen and oxygen atoms in total. The van der Waals surface area contributed by atoms with Crippen LogP contribution in [0.4, 0.5) is 4.79 Å². The fraction of sp³-hybridized carbons (Fsp3) is 0.923. The highest BCUT2D eigenvalue weighted by molar-refractivity contribution is 5.73. The Hall–Kier alpha value is -0.810. The van der Waals surface area contributed by atoms with Crippen LogP contribution in [0.3, 0.4) is 0 Å². The van der Waals surface area contributed by atoms with Gasteiger partial charge in [0.1, 0.15) is 0 Å². The zero-order chi connectivity index (χ0) is 13.6. The van der Waals surface area contributed by atoms with Crippen LogP contribution in [0.5, 0.6) is 0 Å². The summed E-state index contributed by atoms with van der Waals surface area (Å²) in [6.07, 6.45) is 3.82. The van der Waals surface area contributed by atoms with E-state index < -0.39 is 0 Å². The highest BCUT2D eigenvalue weighted by Crippen LogP contribution is 2.19. The van der Waals surface area contributed by atoms with Crippen LogP contribution < -0.4 is 5.32 Å². The first-order valence-corrected chi connectivity index (χ1v) is 6.82. The standard InChI is InChI=1S/C13H27N3O2/c1-13(2,16-7-5-4-6-8-16)11-14-12(18)15(3)9-10-17/h17H,4-11H2,1-3H3,(H,14,18). The minimum Gasteiger partial charge on any atom is -0.395 e. The largest absolute Gasteiger partial charge is 0.395 e. The molecule has 0 saturated carbocycles. The number of nitrogens with zero attached hydrogens (tertiary/aromatic N) is 2. The summed E-state index contributed by atoms with van der Waals surface area (Å²) < 4.78 is 0. The molecule has 0 aromatic carbocycles. The predicted octanol–water partition coefficient (Wildman–Crippen LogP) is 0.885. The summed E-state index contributed by atoms with van der Waals surface area (Å²) in [5.41, 5.74) is -0.00383. The Labute approximate surface area is 110 Å². The number of urea groups is 1. The maximum Gasteiger partial charge on any atom is 0.317 e. The van der Waals surface area contributed by atoms with Gasteiger partial charge in [0, 0.05) is 25.7 Å². The van der Waals surface area contributed by atoms with Crippen LogP contribution in [0.25, 0.3) is 0 Å². The number of aliphatic hydroxyl groups is 1. The molecule has 0 aromatic rings. The number of hydrogen-bond acceptors (Lipinski definition) is 3. The van der Waals surface area contributed by atoms with Gasteiger partial charge in [-0.05, 0) is 39.8 Å². The Bertz CT molecular complexity index is 263. The predicted molar refractivity (Wildman–Crippen MR) is 72.6 cm³/mol. The lowest BCUT2D eigenvalue weighted by atomic mass is 9.98. The second kappa shape index (κ2) is 6.95. The molecule has 0 unspecified atom stereocenters. The average Bonchev–Trinajstić information content (AvgIpc) is 2.37. The number of likely N-dealkylation sites (tertiary alicyclic amines) is 1. The summed E-state index contributed by atoms with van der Waals surface area (Å²) in [7, 11) is 1.69. The first kappa shape index (κ1) is 15.2. The fourth-order valence-electron chi connectivity index (χ4n) is 2.29. The van der Waals surface area contributed by atoms with E-state index in [-0.39, 0.29) is 18.2 Å². The second-order valence-electron chi connectivity index (χ2n) is 5.66. The van der Waals surface area contributed by atoms with Gasteiger partial charge < -0.3 is 15.3 Å². The molecule has 1 heterocycles. The molecule has 0 radical (unpaired) electrons. The van der Waals surface area contributed by atoms with Gasteiger partial charge in [-0.15, -0.1) is 0 Å². The summed E-state index contributed by atoms with van der Waals surface area (Å²) in [4.78, 5) is 15.7. The van der Waals surface area contributed by atoms with Crippen LogP contribution >= 0.6 is 0 Å². The second-order valence-corrected chi connectivity index (χ2v) is 5.66. The van der Waals surface area contributed by atoms with Gasteiger partial charge in [0.2, 0.25) is 0 Å². The van der Waals surface area contributed by atoms with Gasteiger partial charge in [-0.1, -0.05) is 6.42 Å². The van der Waals surface area contributed by atoms with Crippen LogP contribution in [0.1, 0.15) is 33.1 Å². The lowest BCUT2D eigenvalue weighted by Crippen LogP contribution is -2.54. The van der Waals surface area contributed by atoms with Crippen LogP contribution in [-0.2, 0) is 0 Å². The number of hydrogen-bond donors (Lipinski definition) is 2. The van der Waals surface area contributed by atoms with Gasteiger partial charge in [0.15, 0.2) is 0 Å². The van der Waals surface area contributed by atoms with Crippen molar-refractivity contribution in [2.75, 3.05) is 39.8 Å². The Morgan fingerprint density at radius 1 is 1.33 bits per heavy atom. The number of piperidine rings is 1. The van der Waals surface area contributed by atoms with Gasteiger partial charge in [-0.3, -0.25) is 4.90 Å². The Kier molecular flexibility index (Phi) is 5.88. The van der Waals surface area contributed by atoms with E-state index in [4.69, 9.17) is 5.11 Å². The molecule has 1 saturated heterocycles. The molecule has 1 aliphatic rings. The zero-order valence-corrected chi connectivity index (χ0v) is 11.9. The number of carbonyl (C=O) groups is 1. The SMILES string of the molecule is CN(CCO)C(=O)NCC(C)(C)N1CCCCC1. The van der Waals surface area contributed by atoms with Crippen molar-refractivity contribution in [3.8, 4) is 0 Å². The van der Waals surface area contributed by atoms with Crippen molar-refractivity contribution < 1.29 is 9.90 Å². The molecule has 5 heteroatoms. The van der Waals surface area contributed by atoms with Gasteiger partial charge in [0.05, 0.1) is 6.61 Å². The minimum atomic E-state index is -0.117. The first-order chi connectivity index (χ1) is 8.47. The number of amides is 2. The third kappa shape index (κ3) is 4.46. The third-order valence-electron chi connectivity index (χ3n) is 3.67. The molecule has 1 aliphatic heterocycles. The van der Waals surface area contributed by atoms with E-state index in [1.807, 2.05) is 0 Å². The summed E-state index contributed by atoms with van der Waals surface area (Å²) in [6.45, 7) is 7.59. The number of likely N-dealkylation sites (N-methyl/N-ethyl adjacent to an activating group) is 1. The van der Waals surface area contributed by atoms with E-state index in [1.165, 1.54) is 24.2 Å². The molecule has 106 valence electrons. The van der Waals surface area contributed by atoms with E-state index in [1.54, 1.807) is 7.05 Å². The molecule has 0 atom stereocenters. The van der Waals surface area contributed by atoms with Crippen molar-refractivity contribution in [1.82, 2.24) is 15.1 Å².